The Morgan fingerprint density at radius 3 is 2.42 bits per heavy atom. The molecular formula is C19H24FN3O2S. The Morgan fingerprint density at radius 1 is 1.04 bits per heavy atom. The molecule has 0 atom stereocenters. The molecule has 2 rings (SSSR count). The Kier molecular flexibility index (Phi) is 8.08. The number of guanidine groups is 1. The first-order chi connectivity index (χ1) is 12.7. The number of hydrogen-bond acceptors (Lipinski definition) is 4. The van der Waals surface area contributed by atoms with Gasteiger partial charge in [-0.05, 0) is 42.0 Å². The second kappa shape index (κ2) is 10.6. The van der Waals surface area contributed by atoms with Crippen LogP contribution in [0.3, 0.4) is 0 Å². The summed E-state index contributed by atoms with van der Waals surface area (Å²) in [7, 11) is 4.97. The van der Waals surface area contributed by atoms with Gasteiger partial charge in [-0.2, -0.15) is 0 Å². The molecule has 2 aromatic carbocycles. The van der Waals surface area contributed by atoms with Crippen LogP contribution in [-0.4, -0.2) is 39.5 Å². The first-order valence-corrected chi connectivity index (χ1v) is 9.18. The maximum atomic E-state index is 12.9. The van der Waals surface area contributed by atoms with Gasteiger partial charge >= 0.3 is 0 Å². The number of aliphatic imine (C=N–C) groups is 1. The number of benzene rings is 2. The summed E-state index contributed by atoms with van der Waals surface area (Å²) >= 11 is 1.66. The number of nitrogens with one attached hydrogen (secondary N) is 2. The Balaban J connectivity index is 1.76. The van der Waals surface area contributed by atoms with Crippen LogP contribution in [0.2, 0.25) is 0 Å². The molecule has 0 aliphatic rings. The van der Waals surface area contributed by atoms with Crippen LogP contribution in [0, 0.1) is 5.82 Å². The van der Waals surface area contributed by atoms with E-state index in [1.165, 1.54) is 12.1 Å². The number of methoxy groups -OCH3 is 2. The highest BCUT2D eigenvalue weighted by molar-refractivity contribution is 7.99. The molecule has 2 aromatic rings. The van der Waals surface area contributed by atoms with Gasteiger partial charge in [0.15, 0.2) is 17.5 Å². The highest BCUT2D eigenvalue weighted by atomic mass is 32.2. The molecule has 140 valence electrons. The Hall–Kier alpha value is -2.41. The average Bonchev–Trinajstić information content (AvgIpc) is 2.68. The zero-order valence-corrected chi connectivity index (χ0v) is 16.0. The van der Waals surface area contributed by atoms with Gasteiger partial charge in [-0.3, -0.25) is 4.99 Å². The zero-order valence-electron chi connectivity index (χ0n) is 15.2. The number of thioether (sulfide) groups is 1. The molecule has 0 saturated heterocycles. The van der Waals surface area contributed by atoms with E-state index in [0.29, 0.717) is 18.0 Å². The van der Waals surface area contributed by atoms with Gasteiger partial charge in [-0.25, -0.2) is 4.39 Å². The van der Waals surface area contributed by atoms with Crippen molar-refractivity contribution in [2.24, 2.45) is 4.99 Å². The molecule has 0 saturated carbocycles. The van der Waals surface area contributed by atoms with Crippen LogP contribution in [0.15, 0.2) is 52.4 Å². The van der Waals surface area contributed by atoms with Crippen molar-refractivity contribution in [3.05, 3.63) is 53.8 Å². The molecule has 0 spiro atoms. The molecular weight excluding hydrogens is 353 g/mol. The van der Waals surface area contributed by atoms with Crippen molar-refractivity contribution in [1.29, 1.82) is 0 Å². The van der Waals surface area contributed by atoms with Crippen LogP contribution < -0.4 is 20.1 Å². The molecule has 0 aliphatic heterocycles. The Morgan fingerprint density at radius 2 is 1.77 bits per heavy atom. The van der Waals surface area contributed by atoms with Crippen LogP contribution in [-0.2, 0) is 6.54 Å². The van der Waals surface area contributed by atoms with Crippen molar-refractivity contribution in [2.45, 2.75) is 11.4 Å². The minimum absolute atomic E-state index is 0.216. The maximum absolute atomic E-state index is 12.9. The number of halogens is 1. The first-order valence-electron chi connectivity index (χ1n) is 8.20. The molecule has 0 bridgehead atoms. The number of nitrogens with zero attached hydrogens (tertiary/aromatic N) is 1. The van der Waals surface area contributed by atoms with Crippen molar-refractivity contribution in [1.82, 2.24) is 10.6 Å². The quantitative estimate of drug-likeness (QED) is 0.320. The van der Waals surface area contributed by atoms with Gasteiger partial charge in [0, 0.05) is 30.8 Å². The van der Waals surface area contributed by atoms with Crippen molar-refractivity contribution < 1.29 is 13.9 Å². The summed E-state index contributed by atoms with van der Waals surface area (Å²) in [5, 5.41) is 6.52. The van der Waals surface area contributed by atoms with Crippen LogP contribution in [0.25, 0.3) is 0 Å². The van der Waals surface area contributed by atoms with E-state index >= 15 is 0 Å². The molecule has 0 radical (unpaired) electrons. The summed E-state index contributed by atoms with van der Waals surface area (Å²) in [5.41, 5.74) is 1.06. The molecule has 2 N–H and O–H groups in total. The Bertz CT molecular complexity index is 723. The molecule has 5 nitrogen and oxygen atoms in total. The standard InChI is InChI=1S/C19H24FN3O2S/c1-21-19(22-10-11-26-16-7-5-15(20)6-8-16)23-13-14-4-9-17(24-2)18(12-14)25-3/h4-9,12H,10-11,13H2,1-3H3,(H2,21,22,23). The number of hydrogen-bond donors (Lipinski definition) is 2. The van der Waals surface area contributed by atoms with E-state index in [-0.39, 0.29) is 5.82 Å². The minimum Gasteiger partial charge on any atom is -0.493 e. The zero-order chi connectivity index (χ0) is 18.8. The summed E-state index contributed by atoms with van der Waals surface area (Å²) < 4.78 is 23.4. The van der Waals surface area contributed by atoms with Crippen LogP contribution in [0.5, 0.6) is 11.5 Å². The summed E-state index contributed by atoms with van der Waals surface area (Å²) in [6.07, 6.45) is 0. The SMILES string of the molecule is CN=C(NCCSc1ccc(F)cc1)NCc1ccc(OC)c(OC)c1. The Labute approximate surface area is 158 Å². The molecule has 0 amide bonds. The highest BCUT2D eigenvalue weighted by Crippen LogP contribution is 2.27. The van der Waals surface area contributed by atoms with Gasteiger partial charge in [-0.15, -0.1) is 11.8 Å². The second-order valence-electron chi connectivity index (χ2n) is 5.34. The largest absolute Gasteiger partial charge is 0.493 e. The second-order valence-corrected chi connectivity index (χ2v) is 6.51. The molecule has 7 heteroatoms. The maximum Gasteiger partial charge on any atom is 0.191 e. The molecule has 0 heterocycles. The number of rotatable bonds is 8. The van der Waals surface area contributed by atoms with Crippen molar-refractivity contribution in [2.75, 3.05) is 33.6 Å². The van der Waals surface area contributed by atoms with Crippen LogP contribution >= 0.6 is 11.8 Å². The fraction of sp³-hybridized carbons (Fsp3) is 0.316. The molecule has 0 aliphatic carbocycles. The van der Waals surface area contributed by atoms with Gasteiger partial charge in [-0.1, -0.05) is 6.07 Å². The third kappa shape index (κ3) is 6.15. The lowest BCUT2D eigenvalue weighted by Gasteiger charge is -2.13. The van der Waals surface area contributed by atoms with Gasteiger partial charge < -0.3 is 20.1 Å². The van der Waals surface area contributed by atoms with Gasteiger partial charge in [0.05, 0.1) is 14.2 Å². The van der Waals surface area contributed by atoms with E-state index in [1.54, 1.807) is 45.2 Å². The van der Waals surface area contributed by atoms with Crippen molar-refractivity contribution >= 4 is 17.7 Å². The average molecular weight is 377 g/mol. The summed E-state index contributed by atoms with van der Waals surface area (Å²) in [4.78, 5) is 5.26. The lowest BCUT2D eigenvalue weighted by molar-refractivity contribution is 0.354. The van der Waals surface area contributed by atoms with Gasteiger partial charge in [0.25, 0.3) is 0 Å². The molecule has 0 aromatic heterocycles. The smallest absolute Gasteiger partial charge is 0.191 e. The van der Waals surface area contributed by atoms with Crippen molar-refractivity contribution in [3.63, 3.8) is 0 Å². The topological polar surface area (TPSA) is 54.9 Å². The van der Waals surface area contributed by atoms with E-state index in [1.807, 2.05) is 18.2 Å². The molecule has 0 fully saturated rings. The van der Waals surface area contributed by atoms with E-state index in [9.17, 15) is 4.39 Å². The third-order valence-electron chi connectivity index (χ3n) is 3.61. The van der Waals surface area contributed by atoms with E-state index in [0.717, 1.165) is 28.7 Å². The summed E-state index contributed by atoms with van der Waals surface area (Å²) in [6, 6.07) is 12.3. The predicted molar refractivity (Wildman–Crippen MR) is 105 cm³/mol. The van der Waals surface area contributed by atoms with Gasteiger partial charge in [0.1, 0.15) is 5.82 Å². The van der Waals surface area contributed by atoms with E-state index in [4.69, 9.17) is 9.47 Å². The third-order valence-corrected chi connectivity index (χ3v) is 4.62. The summed E-state index contributed by atoms with van der Waals surface area (Å²) in [5.74, 6) is 2.76. The van der Waals surface area contributed by atoms with Gasteiger partial charge in [0.2, 0.25) is 0 Å². The minimum atomic E-state index is -0.216. The fourth-order valence-electron chi connectivity index (χ4n) is 2.27. The lowest BCUT2D eigenvalue weighted by atomic mass is 10.2. The lowest BCUT2D eigenvalue weighted by Crippen LogP contribution is -2.37. The van der Waals surface area contributed by atoms with Crippen LogP contribution in [0.4, 0.5) is 4.39 Å². The number of ether oxygens (including phenoxy) is 2. The monoisotopic (exact) mass is 377 g/mol. The summed E-state index contributed by atoms with van der Waals surface area (Å²) in [6.45, 7) is 1.36. The first kappa shape index (κ1) is 19.9. The van der Waals surface area contributed by atoms with Crippen LogP contribution in [0.1, 0.15) is 5.56 Å². The molecule has 26 heavy (non-hydrogen) atoms. The molecule has 0 unspecified atom stereocenters. The predicted octanol–water partition coefficient (Wildman–Crippen LogP) is 3.30. The van der Waals surface area contributed by atoms with E-state index in [2.05, 4.69) is 15.6 Å². The highest BCUT2D eigenvalue weighted by Gasteiger charge is 2.05. The fourth-order valence-corrected chi connectivity index (χ4v) is 3.03. The normalized spacial score (nSPS) is 11.2. The van der Waals surface area contributed by atoms with E-state index < -0.39 is 0 Å². The van der Waals surface area contributed by atoms with Crippen molar-refractivity contribution in [3.8, 4) is 11.5 Å².